The van der Waals surface area contributed by atoms with Gasteiger partial charge in [-0.2, -0.15) is 5.21 Å². The molecule has 0 saturated carbocycles. The summed E-state index contributed by atoms with van der Waals surface area (Å²) in [6.07, 6.45) is 0. The lowest BCUT2D eigenvalue weighted by Gasteiger charge is -2.09. The molecule has 3 aromatic rings. The van der Waals surface area contributed by atoms with E-state index in [1.807, 2.05) is 18.2 Å². The zero-order valence-electron chi connectivity index (χ0n) is 11.8. The molecule has 1 heterocycles. The zero-order chi connectivity index (χ0) is 15.4. The van der Waals surface area contributed by atoms with Gasteiger partial charge in [0.25, 0.3) is 5.91 Å². The summed E-state index contributed by atoms with van der Waals surface area (Å²) < 4.78 is 5.19. The Morgan fingerprint density at radius 3 is 2.82 bits per heavy atom. The van der Waals surface area contributed by atoms with E-state index < -0.39 is 0 Å². The van der Waals surface area contributed by atoms with Crippen molar-refractivity contribution in [2.75, 3.05) is 12.4 Å². The first-order valence-corrected chi connectivity index (χ1v) is 6.56. The van der Waals surface area contributed by atoms with E-state index >= 15 is 0 Å². The highest BCUT2D eigenvalue weighted by Crippen LogP contribution is 2.21. The van der Waals surface area contributed by atoms with Crippen LogP contribution in [0, 0.1) is 0 Å². The second-order valence-corrected chi connectivity index (χ2v) is 4.47. The number of ether oxygens (including phenoxy) is 1. The van der Waals surface area contributed by atoms with Crippen LogP contribution >= 0.6 is 0 Å². The highest BCUT2D eigenvalue weighted by atomic mass is 16.5. The van der Waals surface area contributed by atoms with Gasteiger partial charge in [0.15, 0.2) is 0 Å². The van der Waals surface area contributed by atoms with Crippen molar-refractivity contribution in [3.8, 4) is 17.1 Å². The fraction of sp³-hybridized carbons (Fsp3) is 0.0667. The van der Waals surface area contributed by atoms with Gasteiger partial charge in [0, 0.05) is 11.3 Å². The Bertz CT molecular complexity index is 786. The molecule has 0 aliphatic heterocycles. The molecule has 1 aromatic heterocycles. The number of H-pyrrole nitrogens is 1. The van der Waals surface area contributed by atoms with Crippen LogP contribution in [-0.4, -0.2) is 33.6 Å². The summed E-state index contributed by atoms with van der Waals surface area (Å²) >= 11 is 0. The summed E-state index contributed by atoms with van der Waals surface area (Å²) in [5.74, 6) is 0.741. The minimum atomic E-state index is -0.247. The van der Waals surface area contributed by atoms with Crippen molar-refractivity contribution in [2.45, 2.75) is 0 Å². The Morgan fingerprint density at radius 2 is 2.05 bits per heavy atom. The maximum Gasteiger partial charge on any atom is 0.259 e. The number of rotatable bonds is 4. The van der Waals surface area contributed by atoms with Gasteiger partial charge < -0.3 is 10.1 Å². The quantitative estimate of drug-likeness (QED) is 0.769. The topological polar surface area (TPSA) is 92.8 Å². The van der Waals surface area contributed by atoms with Crippen LogP contribution in [0.25, 0.3) is 11.4 Å². The summed E-state index contributed by atoms with van der Waals surface area (Å²) in [7, 11) is 1.53. The molecule has 3 rings (SSSR count). The third-order valence-electron chi connectivity index (χ3n) is 3.08. The molecule has 7 heteroatoms. The molecule has 0 spiro atoms. The molecule has 0 atom stereocenters. The fourth-order valence-electron chi connectivity index (χ4n) is 2.05. The molecule has 7 nitrogen and oxygen atoms in total. The molecular weight excluding hydrogens is 282 g/mol. The Hall–Kier alpha value is -3.22. The van der Waals surface area contributed by atoms with Gasteiger partial charge in [-0.15, -0.1) is 10.2 Å². The molecule has 2 aromatic carbocycles. The van der Waals surface area contributed by atoms with E-state index in [4.69, 9.17) is 4.74 Å². The van der Waals surface area contributed by atoms with Crippen molar-refractivity contribution < 1.29 is 9.53 Å². The van der Waals surface area contributed by atoms with Gasteiger partial charge in [-0.1, -0.05) is 24.3 Å². The Balaban J connectivity index is 1.84. The van der Waals surface area contributed by atoms with Gasteiger partial charge in [-0.25, -0.2) is 0 Å². The normalized spacial score (nSPS) is 10.2. The average Bonchev–Trinajstić information content (AvgIpc) is 3.09. The number of nitrogens with one attached hydrogen (secondary N) is 2. The number of aromatic nitrogens is 4. The second-order valence-electron chi connectivity index (χ2n) is 4.47. The number of carbonyl (C=O) groups excluding carboxylic acids is 1. The summed E-state index contributed by atoms with van der Waals surface area (Å²) in [4.78, 5) is 12.4. The van der Waals surface area contributed by atoms with E-state index in [0.717, 1.165) is 5.56 Å². The number of carbonyl (C=O) groups is 1. The molecule has 0 radical (unpaired) electrons. The second kappa shape index (κ2) is 6.04. The molecule has 0 unspecified atom stereocenters. The Labute approximate surface area is 126 Å². The van der Waals surface area contributed by atoms with Crippen molar-refractivity contribution >= 4 is 11.6 Å². The number of hydrogen-bond acceptors (Lipinski definition) is 5. The Kier molecular flexibility index (Phi) is 3.78. The van der Waals surface area contributed by atoms with Crippen LogP contribution in [0.5, 0.6) is 5.75 Å². The van der Waals surface area contributed by atoms with Gasteiger partial charge in [0.2, 0.25) is 5.82 Å². The minimum Gasteiger partial charge on any atom is -0.496 e. The SMILES string of the molecule is COc1ccccc1C(=O)Nc1cccc(-c2nn[nH]n2)c1. The molecule has 22 heavy (non-hydrogen) atoms. The van der Waals surface area contributed by atoms with Crippen LogP contribution in [0.3, 0.4) is 0 Å². The molecular formula is C15H13N5O2. The van der Waals surface area contributed by atoms with E-state index in [2.05, 4.69) is 25.9 Å². The number of para-hydroxylation sites is 1. The first-order valence-electron chi connectivity index (χ1n) is 6.56. The van der Waals surface area contributed by atoms with E-state index in [-0.39, 0.29) is 5.91 Å². The standard InChI is InChI=1S/C15H13N5O2/c1-22-13-8-3-2-7-12(13)15(21)16-11-6-4-5-10(9-11)14-17-19-20-18-14/h2-9H,1H3,(H,16,21)(H,17,18,19,20). The van der Waals surface area contributed by atoms with Crippen LogP contribution in [0.4, 0.5) is 5.69 Å². The summed E-state index contributed by atoms with van der Waals surface area (Å²) in [6.45, 7) is 0. The molecule has 0 aliphatic rings. The van der Waals surface area contributed by atoms with Crippen molar-refractivity contribution in [3.63, 3.8) is 0 Å². The number of nitrogens with zero attached hydrogens (tertiary/aromatic N) is 3. The zero-order valence-corrected chi connectivity index (χ0v) is 11.8. The van der Waals surface area contributed by atoms with Gasteiger partial charge in [-0.05, 0) is 29.5 Å². The lowest BCUT2D eigenvalue weighted by atomic mass is 10.1. The predicted octanol–water partition coefficient (Wildman–Crippen LogP) is 2.13. The lowest BCUT2D eigenvalue weighted by molar-refractivity contribution is 0.102. The maximum atomic E-state index is 12.4. The van der Waals surface area contributed by atoms with Crippen molar-refractivity contribution in [1.82, 2.24) is 20.6 Å². The predicted molar refractivity (Wildman–Crippen MR) is 80.6 cm³/mol. The van der Waals surface area contributed by atoms with Crippen LogP contribution in [0.1, 0.15) is 10.4 Å². The molecule has 110 valence electrons. The van der Waals surface area contributed by atoms with E-state index in [9.17, 15) is 4.79 Å². The highest BCUT2D eigenvalue weighted by molar-refractivity contribution is 6.06. The third kappa shape index (κ3) is 2.78. The molecule has 0 fully saturated rings. The highest BCUT2D eigenvalue weighted by Gasteiger charge is 2.12. The maximum absolute atomic E-state index is 12.4. The van der Waals surface area contributed by atoms with Gasteiger partial charge >= 0.3 is 0 Å². The molecule has 0 aliphatic carbocycles. The number of anilines is 1. The Morgan fingerprint density at radius 1 is 1.18 bits per heavy atom. The summed E-state index contributed by atoms with van der Waals surface area (Å²) in [5, 5.41) is 16.6. The van der Waals surface area contributed by atoms with Crippen LogP contribution in [0.15, 0.2) is 48.5 Å². The lowest BCUT2D eigenvalue weighted by Crippen LogP contribution is -2.13. The van der Waals surface area contributed by atoms with Crippen molar-refractivity contribution in [3.05, 3.63) is 54.1 Å². The molecule has 0 bridgehead atoms. The smallest absolute Gasteiger partial charge is 0.259 e. The van der Waals surface area contributed by atoms with Crippen molar-refractivity contribution in [1.29, 1.82) is 0 Å². The van der Waals surface area contributed by atoms with E-state index in [0.29, 0.717) is 22.8 Å². The number of aromatic amines is 1. The number of amides is 1. The summed E-state index contributed by atoms with van der Waals surface area (Å²) in [6, 6.07) is 14.3. The van der Waals surface area contributed by atoms with Crippen LogP contribution in [-0.2, 0) is 0 Å². The molecule has 2 N–H and O–H groups in total. The van der Waals surface area contributed by atoms with Gasteiger partial charge in [-0.3, -0.25) is 4.79 Å². The largest absolute Gasteiger partial charge is 0.496 e. The monoisotopic (exact) mass is 295 g/mol. The third-order valence-corrected chi connectivity index (χ3v) is 3.08. The minimum absolute atomic E-state index is 0.247. The number of hydrogen-bond donors (Lipinski definition) is 2. The van der Waals surface area contributed by atoms with E-state index in [1.54, 1.807) is 30.3 Å². The van der Waals surface area contributed by atoms with Gasteiger partial charge in [0.05, 0.1) is 12.7 Å². The first kappa shape index (κ1) is 13.7. The molecule has 1 amide bonds. The number of methoxy groups -OCH3 is 1. The number of tetrazole rings is 1. The number of benzene rings is 2. The van der Waals surface area contributed by atoms with Crippen LogP contribution in [0.2, 0.25) is 0 Å². The van der Waals surface area contributed by atoms with E-state index in [1.165, 1.54) is 7.11 Å². The fourth-order valence-corrected chi connectivity index (χ4v) is 2.05. The van der Waals surface area contributed by atoms with Crippen molar-refractivity contribution in [2.24, 2.45) is 0 Å². The van der Waals surface area contributed by atoms with Crippen LogP contribution < -0.4 is 10.1 Å². The summed E-state index contributed by atoms with van der Waals surface area (Å²) in [5.41, 5.74) is 1.86. The molecule has 0 saturated heterocycles. The van der Waals surface area contributed by atoms with Gasteiger partial charge in [0.1, 0.15) is 5.75 Å². The first-order chi connectivity index (χ1) is 10.8. The average molecular weight is 295 g/mol.